The van der Waals surface area contributed by atoms with Crippen LogP contribution >= 0.6 is 0 Å². The van der Waals surface area contributed by atoms with E-state index in [0.717, 1.165) is 45.3 Å². The van der Waals surface area contributed by atoms with E-state index in [4.69, 9.17) is 11.5 Å². The first kappa shape index (κ1) is 16.2. The molecule has 2 fully saturated rings. The lowest BCUT2D eigenvalue weighted by Crippen LogP contribution is -2.52. The second kappa shape index (κ2) is 7.22. The average molecular weight is 296 g/mol. The van der Waals surface area contributed by atoms with Gasteiger partial charge in [0, 0.05) is 32.2 Å². The molecule has 120 valence electrons. The van der Waals surface area contributed by atoms with Crippen molar-refractivity contribution in [2.45, 2.75) is 38.6 Å². The molecule has 3 atom stereocenters. The Balaban J connectivity index is 1.85. The molecule has 0 aromatic heterocycles. The molecule has 0 radical (unpaired) electrons. The summed E-state index contributed by atoms with van der Waals surface area (Å²) in [5, 5.41) is 0. The summed E-state index contributed by atoms with van der Waals surface area (Å²) in [7, 11) is 0. The Bertz CT molecular complexity index is 388. The van der Waals surface area contributed by atoms with E-state index in [1.807, 2.05) is 0 Å². The van der Waals surface area contributed by atoms with Crippen molar-refractivity contribution in [1.29, 1.82) is 0 Å². The highest BCUT2D eigenvalue weighted by Crippen LogP contribution is 2.20. The number of hydrogen-bond donors (Lipinski definition) is 2. The van der Waals surface area contributed by atoms with Crippen LogP contribution in [0, 0.1) is 11.8 Å². The van der Waals surface area contributed by atoms with Crippen LogP contribution in [0.3, 0.4) is 0 Å². The molecule has 0 saturated carbocycles. The molecule has 6 nitrogen and oxygen atoms in total. The van der Waals surface area contributed by atoms with E-state index < -0.39 is 0 Å². The number of piperidine rings is 2. The molecule has 3 unspecified atom stereocenters. The minimum Gasteiger partial charge on any atom is -0.369 e. The highest BCUT2D eigenvalue weighted by atomic mass is 16.2. The lowest BCUT2D eigenvalue weighted by Gasteiger charge is -2.38. The van der Waals surface area contributed by atoms with E-state index in [1.54, 1.807) is 4.90 Å². The smallest absolute Gasteiger partial charge is 0.236 e. The molecule has 2 amide bonds. The van der Waals surface area contributed by atoms with Crippen LogP contribution < -0.4 is 11.5 Å². The highest BCUT2D eigenvalue weighted by Gasteiger charge is 2.30. The van der Waals surface area contributed by atoms with Gasteiger partial charge in [-0.25, -0.2) is 0 Å². The number of rotatable bonds is 4. The molecule has 2 aliphatic heterocycles. The molecule has 0 aromatic rings. The van der Waals surface area contributed by atoms with Crippen molar-refractivity contribution < 1.29 is 9.59 Å². The monoisotopic (exact) mass is 296 g/mol. The van der Waals surface area contributed by atoms with Gasteiger partial charge in [0.25, 0.3) is 0 Å². The Morgan fingerprint density at radius 2 is 1.95 bits per heavy atom. The predicted octanol–water partition coefficient (Wildman–Crippen LogP) is -0.230. The number of nitrogens with zero attached hydrogens (tertiary/aromatic N) is 2. The molecule has 2 aliphatic rings. The van der Waals surface area contributed by atoms with Gasteiger partial charge >= 0.3 is 0 Å². The third-order valence-electron chi connectivity index (χ3n) is 4.94. The summed E-state index contributed by atoms with van der Waals surface area (Å²) in [4.78, 5) is 27.7. The average Bonchev–Trinajstić information content (AvgIpc) is 2.49. The van der Waals surface area contributed by atoms with Crippen molar-refractivity contribution in [3.63, 3.8) is 0 Å². The fourth-order valence-electron chi connectivity index (χ4n) is 3.43. The van der Waals surface area contributed by atoms with Crippen LogP contribution in [0.4, 0.5) is 0 Å². The number of primary amides is 1. The van der Waals surface area contributed by atoms with Gasteiger partial charge < -0.3 is 16.4 Å². The largest absolute Gasteiger partial charge is 0.369 e. The number of carbonyl (C=O) groups excluding carboxylic acids is 2. The van der Waals surface area contributed by atoms with E-state index in [0.29, 0.717) is 19.0 Å². The Morgan fingerprint density at radius 3 is 2.62 bits per heavy atom. The van der Waals surface area contributed by atoms with E-state index >= 15 is 0 Å². The van der Waals surface area contributed by atoms with Crippen LogP contribution in [0.5, 0.6) is 0 Å². The van der Waals surface area contributed by atoms with Crippen LogP contribution in [-0.4, -0.2) is 60.4 Å². The third-order valence-corrected chi connectivity index (χ3v) is 4.94. The second-order valence-corrected chi connectivity index (χ2v) is 6.44. The van der Waals surface area contributed by atoms with E-state index in [-0.39, 0.29) is 23.8 Å². The number of hydrogen-bond acceptors (Lipinski definition) is 4. The van der Waals surface area contributed by atoms with E-state index in [9.17, 15) is 9.59 Å². The van der Waals surface area contributed by atoms with Crippen LogP contribution in [0.25, 0.3) is 0 Å². The molecule has 2 heterocycles. The SMILES string of the molecule is CCC1CN(CC(=O)N2CCCC(C(N)=O)C2)CCC1N. The van der Waals surface area contributed by atoms with Crippen LogP contribution in [-0.2, 0) is 9.59 Å². The summed E-state index contributed by atoms with van der Waals surface area (Å²) in [5.74, 6) is 0.126. The molecule has 4 N–H and O–H groups in total. The fourth-order valence-corrected chi connectivity index (χ4v) is 3.43. The maximum Gasteiger partial charge on any atom is 0.236 e. The normalized spacial score (nSPS) is 31.1. The highest BCUT2D eigenvalue weighted by molar-refractivity contribution is 5.81. The number of carbonyl (C=O) groups is 2. The van der Waals surface area contributed by atoms with Gasteiger partial charge in [-0.3, -0.25) is 14.5 Å². The van der Waals surface area contributed by atoms with Crippen LogP contribution in [0.2, 0.25) is 0 Å². The molecule has 2 saturated heterocycles. The van der Waals surface area contributed by atoms with Crippen LogP contribution in [0.15, 0.2) is 0 Å². The van der Waals surface area contributed by atoms with Gasteiger partial charge in [0.1, 0.15) is 0 Å². The zero-order valence-electron chi connectivity index (χ0n) is 13.0. The fraction of sp³-hybridized carbons (Fsp3) is 0.867. The van der Waals surface area contributed by atoms with Gasteiger partial charge in [-0.15, -0.1) is 0 Å². The minimum atomic E-state index is -0.289. The summed E-state index contributed by atoms with van der Waals surface area (Å²) in [6.07, 6.45) is 3.67. The van der Waals surface area contributed by atoms with Crippen molar-refractivity contribution in [1.82, 2.24) is 9.80 Å². The molecule has 0 spiro atoms. The second-order valence-electron chi connectivity index (χ2n) is 6.44. The van der Waals surface area contributed by atoms with Crippen molar-refractivity contribution in [3.05, 3.63) is 0 Å². The first-order valence-electron chi connectivity index (χ1n) is 8.06. The number of amides is 2. The van der Waals surface area contributed by atoms with Gasteiger partial charge in [-0.1, -0.05) is 13.3 Å². The minimum absolute atomic E-state index is 0.117. The maximum absolute atomic E-state index is 12.4. The van der Waals surface area contributed by atoms with E-state index in [2.05, 4.69) is 11.8 Å². The third kappa shape index (κ3) is 4.17. The molecular formula is C15H28N4O2. The molecular weight excluding hydrogens is 268 g/mol. The first-order valence-corrected chi connectivity index (χ1v) is 8.06. The molecule has 2 rings (SSSR count). The van der Waals surface area contributed by atoms with Crippen molar-refractivity contribution in [2.24, 2.45) is 23.3 Å². The maximum atomic E-state index is 12.4. The Hall–Kier alpha value is -1.14. The summed E-state index contributed by atoms with van der Waals surface area (Å²) in [5.41, 5.74) is 11.5. The number of nitrogens with two attached hydrogens (primary N) is 2. The first-order chi connectivity index (χ1) is 10.0. The molecule has 21 heavy (non-hydrogen) atoms. The number of likely N-dealkylation sites (tertiary alicyclic amines) is 2. The zero-order valence-corrected chi connectivity index (χ0v) is 13.0. The van der Waals surface area contributed by atoms with Gasteiger partial charge in [0.05, 0.1) is 12.5 Å². The van der Waals surface area contributed by atoms with Crippen molar-refractivity contribution in [2.75, 3.05) is 32.7 Å². The summed E-state index contributed by atoms with van der Waals surface area (Å²) < 4.78 is 0. The van der Waals surface area contributed by atoms with Gasteiger partial charge in [-0.2, -0.15) is 0 Å². The van der Waals surface area contributed by atoms with E-state index in [1.165, 1.54) is 0 Å². The molecule has 0 aliphatic carbocycles. The van der Waals surface area contributed by atoms with Gasteiger partial charge in [-0.05, 0) is 25.2 Å². The Kier molecular flexibility index (Phi) is 5.58. The Labute approximate surface area is 126 Å². The topological polar surface area (TPSA) is 92.7 Å². The molecule has 0 aromatic carbocycles. The lowest BCUT2D eigenvalue weighted by atomic mass is 9.90. The zero-order chi connectivity index (χ0) is 15.4. The summed E-state index contributed by atoms with van der Waals surface area (Å²) in [6.45, 7) is 5.60. The molecule has 0 bridgehead atoms. The van der Waals surface area contributed by atoms with Crippen molar-refractivity contribution in [3.8, 4) is 0 Å². The van der Waals surface area contributed by atoms with Gasteiger partial charge in [0.15, 0.2) is 0 Å². The summed E-state index contributed by atoms with van der Waals surface area (Å²) in [6, 6.07) is 0.260. The quantitative estimate of drug-likeness (QED) is 0.749. The van der Waals surface area contributed by atoms with Gasteiger partial charge in [0.2, 0.25) is 11.8 Å². The van der Waals surface area contributed by atoms with Crippen LogP contribution in [0.1, 0.15) is 32.6 Å². The molecule has 6 heteroatoms. The lowest BCUT2D eigenvalue weighted by molar-refractivity contribution is -0.136. The Morgan fingerprint density at radius 1 is 1.19 bits per heavy atom. The predicted molar refractivity (Wildman–Crippen MR) is 81.3 cm³/mol. The summed E-state index contributed by atoms with van der Waals surface area (Å²) >= 11 is 0. The van der Waals surface area contributed by atoms with Crippen molar-refractivity contribution >= 4 is 11.8 Å². The standard InChI is InChI=1S/C15H28N4O2/c1-2-11-8-18(7-5-13(11)16)10-14(20)19-6-3-4-12(9-19)15(17)21/h11-13H,2-10,16H2,1H3,(H2,17,21).